The second kappa shape index (κ2) is 6.45. The molecule has 1 aromatic rings. The van der Waals surface area contributed by atoms with Gasteiger partial charge in [-0.1, -0.05) is 6.07 Å². The number of amides is 1. The molecule has 1 fully saturated rings. The van der Waals surface area contributed by atoms with Gasteiger partial charge < -0.3 is 14.5 Å². The molecule has 0 aliphatic carbocycles. The fourth-order valence-electron chi connectivity index (χ4n) is 2.24. The smallest absolute Gasteiger partial charge is 0.222 e. The molecule has 104 valence electrons. The number of carbonyl (C=O) groups excluding carboxylic acids is 1. The summed E-state index contributed by atoms with van der Waals surface area (Å²) >= 11 is 0. The molecular weight excluding hydrogens is 240 g/mol. The lowest BCUT2D eigenvalue weighted by Crippen LogP contribution is -2.26. The Morgan fingerprint density at radius 2 is 2.21 bits per heavy atom. The minimum Gasteiger partial charge on any atom is -0.493 e. The topological polar surface area (TPSA) is 32.8 Å². The summed E-state index contributed by atoms with van der Waals surface area (Å²) in [5, 5.41) is 0. The van der Waals surface area contributed by atoms with Gasteiger partial charge >= 0.3 is 0 Å². The second-order valence-electron chi connectivity index (χ2n) is 5.08. The van der Waals surface area contributed by atoms with Gasteiger partial charge in [0.1, 0.15) is 5.75 Å². The largest absolute Gasteiger partial charge is 0.493 e. The normalized spacial score (nSPS) is 14.8. The van der Waals surface area contributed by atoms with Crippen LogP contribution in [0.25, 0.3) is 0 Å². The minimum absolute atomic E-state index is 0.287. The first-order chi connectivity index (χ1) is 9.16. The number of anilines is 1. The van der Waals surface area contributed by atoms with Crippen molar-refractivity contribution >= 4 is 11.6 Å². The molecular formula is C15H22N2O2. The maximum absolute atomic E-state index is 11.4. The highest BCUT2D eigenvalue weighted by Gasteiger charge is 2.18. The Kier molecular flexibility index (Phi) is 4.66. The van der Waals surface area contributed by atoms with Crippen LogP contribution in [-0.2, 0) is 4.79 Å². The lowest BCUT2D eigenvalue weighted by atomic mass is 10.3. The molecule has 0 atom stereocenters. The Morgan fingerprint density at radius 3 is 2.89 bits per heavy atom. The highest BCUT2D eigenvalue weighted by molar-refractivity contribution is 5.77. The van der Waals surface area contributed by atoms with Crippen LogP contribution in [0.3, 0.4) is 0 Å². The van der Waals surface area contributed by atoms with Gasteiger partial charge in [0.05, 0.1) is 6.61 Å². The van der Waals surface area contributed by atoms with Crippen LogP contribution in [0.5, 0.6) is 5.75 Å². The number of nitrogens with zero attached hydrogens (tertiary/aromatic N) is 2. The van der Waals surface area contributed by atoms with Crippen molar-refractivity contribution in [2.24, 2.45) is 0 Å². The third kappa shape index (κ3) is 3.88. The summed E-state index contributed by atoms with van der Waals surface area (Å²) in [6.45, 7) is 2.38. The molecule has 1 aliphatic rings. The molecule has 1 aliphatic heterocycles. The molecule has 4 nitrogen and oxygen atoms in total. The summed E-state index contributed by atoms with van der Waals surface area (Å²) < 4.78 is 5.73. The van der Waals surface area contributed by atoms with Crippen LogP contribution in [0, 0.1) is 0 Å². The predicted octanol–water partition coefficient (Wildman–Crippen LogP) is 2.14. The van der Waals surface area contributed by atoms with Crippen LogP contribution in [0.4, 0.5) is 5.69 Å². The van der Waals surface area contributed by atoms with Crippen LogP contribution < -0.4 is 9.64 Å². The summed E-state index contributed by atoms with van der Waals surface area (Å²) in [4.78, 5) is 15.4. The van der Waals surface area contributed by atoms with E-state index < -0.39 is 0 Å². The zero-order valence-electron chi connectivity index (χ0n) is 11.8. The quantitative estimate of drug-likeness (QED) is 0.736. The standard InChI is InChI=1S/C15H22N2O2/c1-16(2)13-6-3-7-14(12-13)19-11-5-10-17-9-4-8-15(17)18/h3,6-7,12H,4-5,8-11H2,1-2H3. The Hall–Kier alpha value is -1.71. The van der Waals surface area contributed by atoms with E-state index in [1.807, 2.05) is 37.2 Å². The molecule has 0 saturated carbocycles. The van der Waals surface area contributed by atoms with Crippen molar-refractivity contribution in [1.29, 1.82) is 0 Å². The predicted molar refractivity (Wildman–Crippen MR) is 76.7 cm³/mol. The monoisotopic (exact) mass is 262 g/mol. The van der Waals surface area contributed by atoms with Crippen molar-refractivity contribution in [1.82, 2.24) is 4.90 Å². The average Bonchev–Trinajstić information content (AvgIpc) is 2.81. The lowest BCUT2D eigenvalue weighted by molar-refractivity contribution is -0.127. The van der Waals surface area contributed by atoms with Crippen molar-refractivity contribution < 1.29 is 9.53 Å². The fourth-order valence-corrected chi connectivity index (χ4v) is 2.24. The minimum atomic E-state index is 0.287. The first kappa shape index (κ1) is 13.7. The molecule has 0 N–H and O–H groups in total. The third-order valence-electron chi connectivity index (χ3n) is 3.35. The van der Waals surface area contributed by atoms with Gasteiger partial charge in [0.15, 0.2) is 0 Å². The number of hydrogen-bond acceptors (Lipinski definition) is 3. The highest BCUT2D eigenvalue weighted by atomic mass is 16.5. The Balaban J connectivity index is 1.73. The van der Waals surface area contributed by atoms with Crippen molar-refractivity contribution in [3.63, 3.8) is 0 Å². The van der Waals surface area contributed by atoms with Gasteiger partial charge in [-0.3, -0.25) is 4.79 Å². The highest BCUT2D eigenvalue weighted by Crippen LogP contribution is 2.19. The van der Waals surface area contributed by atoms with E-state index in [1.165, 1.54) is 0 Å². The van der Waals surface area contributed by atoms with E-state index in [1.54, 1.807) is 0 Å². The maximum atomic E-state index is 11.4. The summed E-state index contributed by atoms with van der Waals surface area (Å²) in [5.74, 6) is 1.17. The number of carbonyl (C=O) groups is 1. The molecule has 0 unspecified atom stereocenters. The Bertz CT molecular complexity index is 432. The second-order valence-corrected chi connectivity index (χ2v) is 5.08. The maximum Gasteiger partial charge on any atom is 0.222 e. The lowest BCUT2D eigenvalue weighted by Gasteiger charge is -2.16. The molecule has 0 spiro atoms. The fraction of sp³-hybridized carbons (Fsp3) is 0.533. The number of benzene rings is 1. The van der Waals surface area contributed by atoms with Gasteiger partial charge in [-0.15, -0.1) is 0 Å². The van der Waals surface area contributed by atoms with Crippen LogP contribution in [-0.4, -0.2) is 44.6 Å². The molecule has 1 amide bonds. The zero-order chi connectivity index (χ0) is 13.7. The van der Waals surface area contributed by atoms with E-state index >= 15 is 0 Å². The van der Waals surface area contributed by atoms with Crippen molar-refractivity contribution in [2.75, 3.05) is 38.7 Å². The van der Waals surface area contributed by atoms with E-state index in [0.29, 0.717) is 13.0 Å². The van der Waals surface area contributed by atoms with Crippen molar-refractivity contribution in [3.8, 4) is 5.75 Å². The number of likely N-dealkylation sites (tertiary alicyclic amines) is 1. The molecule has 4 heteroatoms. The van der Waals surface area contributed by atoms with Gasteiger partial charge in [0, 0.05) is 45.4 Å². The summed E-state index contributed by atoms with van der Waals surface area (Å²) in [5.41, 5.74) is 1.13. The van der Waals surface area contributed by atoms with E-state index in [2.05, 4.69) is 11.0 Å². The molecule has 1 saturated heterocycles. The van der Waals surface area contributed by atoms with Crippen LogP contribution in [0.15, 0.2) is 24.3 Å². The van der Waals surface area contributed by atoms with Crippen molar-refractivity contribution in [3.05, 3.63) is 24.3 Å². The van der Waals surface area contributed by atoms with Gasteiger partial charge in [-0.05, 0) is 25.0 Å². The zero-order valence-corrected chi connectivity index (χ0v) is 11.8. The molecule has 0 bridgehead atoms. The molecule has 1 aromatic carbocycles. The number of hydrogen-bond donors (Lipinski definition) is 0. The van der Waals surface area contributed by atoms with Gasteiger partial charge in [0.25, 0.3) is 0 Å². The third-order valence-corrected chi connectivity index (χ3v) is 3.35. The number of ether oxygens (including phenoxy) is 1. The van der Waals surface area contributed by atoms with Crippen LogP contribution in [0.2, 0.25) is 0 Å². The van der Waals surface area contributed by atoms with Gasteiger partial charge in [0.2, 0.25) is 5.91 Å². The van der Waals surface area contributed by atoms with Crippen LogP contribution in [0.1, 0.15) is 19.3 Å². The van der Waals surface area contributed by atoms with Crippen LogP contribution >= 0.6 is 0 Å². The van der Waals surface area contributed by atoms with Gasteiger partial charge in [-0.25, -0.2) is 0 Å². The summed E-state index contributed by atoms with van der Waals surface area (Å²) in [6, 6.07) is 8.04. The molecule has 2 rings (SSSR count). The average molecular weight is 262 g/mol. The van der Waals surface area contributed by atoms with E-state index in [0.717, 1.165) is 37.4 Å². The van der Waals surface area contributed by atoms with Gasteiger partial charge in [-0.2, -0.15) is 0 Å². The first-order valence-electron chi connectivity index (χ1n) is 6.85. The Morgan fingerprint density at radius 1 is 1.37 bits per heavy atom. The molecule has 1 heterocycles. The molecule has 19 heavy (non-hydrogen) atoms. The number of rotatable bonds is 6. The van der Waals surface area contributed by atoms with E-state index in [4.69, 9.17) is 4.74 Å². The molecule has 0 radical (unpaired) electrons. The molecule has 0 aromatic heterocycles. The summed E-state index contributed by atoms with van der Waals surface area (Å²) in [7, 11) is 4.02. The van der Waals surface area contributed by atoms with E-state index in [-0.39, 0.29) is 5.91 Å². The Labute approximate surface area is 115 Å². The van der Waals surface area contributed by atoms with E-state index in [9.17, 15) is 4.79 Å². The first-order valence-corrected chi connectivity index (χ1v) is 6.85. The SMILES string of the molecule is CN(C)c1cccc(OCCCN2CCCC2=O)c1. The van der Waals surface area contributed by atoms with Crippen molar-refractivity contribution in [2.45, 2.75) is 19.3 Å². The summed E-state index contributed by atoms with van der Waals surface area (Å²) in [6.07, 6.45) is 2.61.